The van der Waals surface area contributed by atoms with Gasteiger partial charge in [0.05, 0.1) is 0 Å². The standard InChI is InChI=1S/C14H12N2O4.2ClH/c17-13(18)9-15-5-1-11(2-6-15)12-3-7-16(8-4-12)10-14(19)20;;/h1-8H,9-10H2;2*1H. The second kappa shape index (κ2) is 8.96. The summed E-state index contributed by atoms with van der Waals surface area (Å²) in [4.78, 5) is 21.2. The van der Waals surface area contributed by atoms with E-state index in [2.05, 4.69) is 0 Å². The largest absolute Gasteiger partial charge is 1.00 e. The number of carboxylic acids is 2. The molecule has 2 aromatic rings. The Labute approximate surface area is 139 Å². The molecular formula is C14H14Cl2N2O4. The summed E-state index contributed by atoms with van der Waals surface area (Å²) in [6, 6.07) is 7.28. The molecule has 0 aliphatic rings. The van der Waals surface area contributed by atoms with Crippen LogP contribution < -0.4 is 33.9 Å². The number of nitrogens with zero attached hydrogens (tertiary/aromatic N) is 2. The van der Waals surface area contributed by atoms with Gasteiger partial charge in [-0.1, -0.05) is 0 Å². The minimum absolute atomic E-state index is 0. The summed E-state index contributed by atoms with van der Waals surface area (Å²) >= 11 is 0. The zero-order chi connectivity index (χ0) is 14.5. The van der Waals surface area contributed by atoms with Gasteiger partial charge < -0.3 is 35.0 Å². The van der Waals surface area contributed by atoms with Crippen LogP contribution in [-0.2, 0) is 22.7 Å². The molecule has 2 N–H and O–H groups in total. The maximum Gasteiger partial charge on any atom is 0.370 e. The minimum Gasteiger partial charge on any atom is -1.00 e. The third-order valence-corrected chi connectivity index (χ3v) is 2.75. The molecule has 2 heterocycles. The van der Waals surface area contributed by atoms with E-state index in [9.17, 15) is 9.59 Å². The van der Waals surface area contributed by atoms with Crippen molar-refractivity contribution in [2.24, 2.45) is 0 Å². The average molecular weight is 345 g/mol. The van der Waals surface area contributed by atoms with Gasteiger partial charge in [0.15, 0.2) is 24.8 Å². The predicted octanol–water partition coefficient (Wildman–Crippen LogP) is -5.89. The Balaban J connectivity index is 0.00000220. The molecule has 0 unspecified atom stereocenters. The molecule has 2 aromatic heterocycles. The number of carboxylic acid groups (broad SMARTS) is 2. The SMILES string of the molecule is O=C(O)C[n+]1ccc(-c2cc[n+](CC(=O)O)cc2)cc1.[Cl-].[Cl-]. The van der Waals surface area contributed by atoms with E-state index in [1.165, 1.54) is 0 Å². The quantitative estimate of drug-likeness (QED) is 0.529. The fourth-order valence-corrected chi connectivity index (χ4v) is 1.82. The van der Waals surface area contributed by atoms with E-state index < -0.39 is 11.9 Å². The molecule has 0 aliphatic carbocycles. The zero-order valence-electron chi connectivity index (χ0n) is 11.4. The molecule has 118 valence electrons. The zero-order valence-corrected chi connectivity index (χ0v) is 12.9. The van der Waals surface area contributed by atoms with E-state index in [1.54, 1.807) is 33.9 Å². The van der Waals surface area contributed by atoms with Gasteiger partial charge in [-0.05, 0) is 11.1 Å². The van der Waals surface area contributed by atoms with Crippen LogP contribution in [0, 0.1) is 0 Å². The monoisotopic (exact) mass is 344 g/mol. The summed E-state index contributed by atoms with van der Waals surface area (Å²) in [5.74, 6) is -1.78. The van der Waals surface area contributed by atoms with Gasteiger partial charge >= 0.3 is 11.9 Å². The van der Waals surface area contributed by atoms with Gasteiger partial charge in [-0.2, -0.15) is 9.13 Å². The lowest BCUT2D eigenvalue weighted by atomic mass is 10.1. The smallest absolute Gasteiger partial charge is 0.370 e. The molecule has 0 spiro atoms. The number of rotatable bonds is 5. The number of hydrogen-bond donors (Lipinski definition) is 2. The van der Waals surface area contributed by atoms with Gasteiger partial charge in [0.2, 0.25) is 13.1 Å². The average Bonchev–Trinajstić information content (AvgIpc) is 2.39. The van der Waals surface area contributed by atoms with E-state index in [4.69, 9.17) is 10.2 Å². The first kappa shape index (κ1) is 19.8. The second-order valence-electron chi connectivity index (χ2n) is 4.31. The van der Waals surface area contributed by atoms with Crippen LogP contribution in [0.2, 0.25) is 0 Å². The van der Waals surface area contributed by atoms with Crippen LogP contribution >= 0.6 is 0 Å². The highest BCUT2D eigenvalue weighted by Crippen LogP contribution is 2.15. The number of carbonyl (C=O) groups is 2. The Hall–Kier alpha value is -2.18. The lowest BCUT2D eigenvalue weighted by Crippen LogP contribution is -3.00. The van der Waals surface area contributed by atoms with Crippen LogP contribution in [-0.4, -0.2) is 22.2 Å². The number of aromatic nitrogens is 2. The molecule has 2 rings (SSSR count). The van der Waals surface area contributed by atoms with E-state index in [0.29, 0.717) is 0 Å². The maximum atomic E-state index is 10.6. The third-order valence-electron chi connectivity index (χ3n) is 2.75. The summed E-state index contributed by atoms with van der Waals surface area (Å²) in [6.07, 6.45) is 6.78. The van der Waals surface area contributed by atoms with Gasteiger partial charge in [-0.15, -0.1) is 0 Å². The second-order valence-corrected chi connectivity index (χ2v) is 4.31. The molecular weight excluding hydrogens is 331 g/mol. The first-order valence-electron chi connectivity index (χ1n) is 5.97. The molecule has 0 radical (unpaired) electrons. The van der Waals surface area contributed by atoms with Crippen LogP contribution in [0.5, 0.6) is 0 Å². The van der Waals surface area contributed by atoms with Crippen molar-refractivity contribution in [3.63, 3.8) is 0 Å². The van der Waals surface area contributed by atoms with Crippen molar-refractivity contribution in [3.8, 4) is 11.1 Å². The van der Waals surface area contributed by atoms with Gasteiger partial charge in [-0.3, -0.25) is 0 Å². The topological polar surface area (TPSA) is 82.4 Å². The molecule has 8 heteroatoms. The van der Waals surface area contributed by atoms with Crippen LogP contribution in [0.1, 0.15) is 0 Å². The molecule has 0 aliphatic heterocycles. The van der Waals surface area contributed by atoms with E-state index in [1.807, 2.05) is 24.3 Å². The number of hydrogen-bond acceptors (Lipinski definition) is 2. The minimum atomic E-state index is -0.892. The van der Waals surface area contributed by atoms with E-state index in [0.717, 1.165) is 11.1 Å². The molecule has 22 heavy (non-hydrogen) atoms. The maximum absolute atomic E-state index is 10.6. The number of aliphatic carboxylic acids is 2. The normalized spacial score (nSPS) is 9.27. The van der Waals surface area contributed by atoms with Crippen molar-refractivity contribution in [2.75, 3.05) is 0 Å². The van der Waals surface area contributed by atoms with Gasteiger partial charge in [-0.25, -0.2) is 9.59 Å². The lowest BCUT2D eigenvalue weighted by Gasteiger charge is -2.00. The molecule has 0 atom stereocenters. The highest BCUT2D eigenvalue weighted by Gasteiger charge is 2.09. The first-order valence-corrected chi connectivity index (χ1v) is 5.97. The molecule has 6 nitrogen and oxygen atoms in total. The lowest BCUT2D eigenvalue weighted by molar-refractivity contribution is -0.686. The van der Waals surface area contributed by atoms with Crippen LogP contribution in [0.25, 0.3) is 11.1 Å². The van der Waals surface area contributed by atoms with Crippen molar-refractivity contribution >= 4 is 11.9 Å². The van der Waals surface area contributed by atoms with Crippen LogP contribution in [0.3, 0.4) is 0 Å². The predicted molar refractivity (Wildman–Crippen MR) is 67.5 cm³/mol. The van der Waals surface area contributed by atoms with Gasteiger partial charge in [0.1, 0.15) is 0 Å². The Morgan fingerprint density at radius 2 is 1.00 bits per heavy atom. The Bertz CT molecular complexity index is 573. The van der Waals surface area contributed by atoms with Gasteiger partial charge in [0, 0.05) is 24.3 Å². The van der Waals surface area contributed by atoms with Crippen LogP contribution in [0.15, 0.2) is 49.1 Å². The summed E-state index contributed by atoms with van der Waals surface area (Å²) in [5.41, 5.74) is 1.88. The summed E-state index contributed by atoms with van der Waals surface area (Å²) in [7, 11) is 0. The Kier molecular flexibility index (Phi) is 8.08. The number of pyridine rings is 2. The fraction of sp³-hybridized carbons (Fsp3) is 0.143. The molecule has 0 saturated heterocycles. The summed E-state index contributed by atoms with van der Waals surface area (Å²) in [6.45, 7) is -0.151. The van der Waals surface area contributed by atoms with E-state index in [-0.39, 0.29) is 37.9 Å². The van der Waals surface area contributed by atoms with Gasteiger partial charge in [0.25, 0.3) is 0 Å². The molecule has 0 aromatic carbocycles. The van der Waals surface area contributed by atoms with Crippen molar-refractivity contribution in [3.05, 3.63) is 49.1 Å². The first-order chi connectivity index (χ1) is 9.54. The summed E-state index contributed by atoms with van der Waals surface area (Å²) < 4.78 is 3.14. The number of halogens is 2. The van der Waals surface area contributed by atoms with Crippen molar-refractivity contribution in [1.29, 1.82) is 0 Å². The molecule has 0 saturated carbocycles. The molecule has 0 fully saturated rings. The highest BCUT2D eigenvalue weighted by atomic mass is 35.5. The highest BCUT2D eigenvalue weighted by molar-refractivity contribution is 5.65. The van der Waals surface area contributed by atoms with Crippen LogP contribution in [0.4, 0.5) is 0 Å². The Morgan fingerprint density at radius 1 is 0.727 bits per heavy atom. The van der Waals surface area contributed by atoms with Crippen molar-refractivity contribution < 1.29 is 53.8 Å². The van der Waals surface area contributed by atoms with Crippen molar-refractivity contribution in [1.82, 2.24) is 0 Å². The molecule has 0 amide bonds. The molecule has 0 bridgehead atoms. The summed E-state index contributed by atoms with van der Waals surface area (Å²) in [5, 5.41) is 17.4. The Morgan fingerprint density at radius 3 is 1.23 bits per heavy atom. The van der Waals surface area contributed by atoms with Crippen molar-refractivity contribution in [2.45, 2.75) is 13.1 Å². The third kappa shape index (κ3) is 5.67. The fourth-order valence-electron chi connectivity index (χ4n) is 1.82. The van der Waals surface area contributed by atoms with E-state index >= 15 is 0 Å².